The highest BCUT2D eigenvalue weighted by Gasteiger charge is 2.23. The molecule has 578 valence electrons. The van der Waals surface area contributed by atoms with Crippen LogP contribution in [0.5, 0.6) is 0 Å². The van der Waals surface area contributed by atoms with E-state index in [1.165, 1.54) is 115 Å². The van der Waals surface area contributed by atoms with E-state index in [1.54, 1.807) is 0 Å². The second-order valence-electron chi connectivity index (χ2n) is 30.9. The van der Waals surface area contributed by atoms with Gasteiger partial charge in [0, 0.05) is 66.8 Å². The van der Waals surface area contributed by atoms with Crippen molar-refractivity contribution >= 4 is 143 Å². The molecule has 0 saturated heterocycles. The molecule has 122 heavy (non-hydrogen) atoms. The number of rotatable bonds is 13. The SMILES string of the molecule is c1ccc(Cc2ccc(-c3ccccc3)c3c2oc2ccccc23)cc1.c1ccc(Cc2ccc3c(oc4ccccc43)c2-c2ccccc2)cc1.c1ccc(Nc2ccc(-c3ccc(-c4cccc5ccccc45)cc3)c3oc4ccccc4c23)cc1.c1ccc(Nc2ccc(-c3cccc4c3ccc3ccccc34)c3oc4ccccc4c23)cc1. The summed E-state index contributed by atoms with van der Waals surface area (Å²) in [4.78, 5) is 0. The summed E-state index contributed by atoms with van der Waals surface area (Å²) >= 11 is 0. The van der Waals surface area contributed by atoms with Crippen molar-refractivity contribution in [3.8, 4) is 55.6 Å². The summed E-state index contributed by atoms with van der Waals surface area (Å²) in [5.74, 6) is 0. The van der Waals surface area contributed by atoms with Crippen molar-refractivity contribution < 1.29 is 17.7 Å². The lowest BCUT2D eigenvalue weighted by molar-refractivity contribution is 0.664. The number of furan rings is 4. The molecular formula is C116H80N2O4. The third-order valence-corrected chi connectivity index (χ3v) is 23.4. The summed E-state index contributed by atoms with van der Waals surface area (Å²) in [6.07, 6.45) is 1.75. The zero-order chi connectivity index (χ0) is 81.1. The van der Waals surface area contributed by atoms with Crippen LogP contribution in [0, 0.1) is 0 Å². The van der Waals surface area contributed by atoms with Gasteiger partial charge in [-0.25, -0.2) is 0 Å². The molecule has 24 rings (SSSR count). The fraction of sp³-hybridized carbons (Fsp3) is 0.0172. The maximum Gasteiger partial charge on any atom is 0.145 e. The maximum absolute atomic E-state index is 6.51. The average molecular weight is 1570 g/mol. The zero-order valence-corrected chi connectivity index (χ0v) is 66.8. The van der Waals surface area contributed by atoms with E-state index in [9.17, 15) is 0 Å². The highest BCUT2D eigenvalue weighted by molar-refractivity contribution is 6.21. The van der Waals surface area contributed by atoms with E-state index in [-0.39, 0.29) is 0 Å². The molecule has 0 spiro atoms. The van der Waals surface area contributed by atoms with E-state index in [0.29, 0.717) is 0 Å². The number of nitrogens with one attached hydrogen (secondary N) is 2. The van der Waals surface area contributed by atoms with Crippen molar-refractivity contribution in [3.63, 3.8) is 0 Å². The van der Waals surface area contributed by atoms with E-state index in [1.807, 2.05) is 78.9 Å². The van der Waals surface area contributed by atoms with E-state index >= 15 is 0 Å². The van der Waals surface area contributed by atoms with Crippen molar-refractivity contribution in [2.75, 3.05) is 10.6 Å². The summed E-state index contributed by atoms with van der Waals surface area (Å²) in [6.45, 7) is 0. The van der Waals surface area contributed by atoms with Crippen LogP contribution >= 0.6 is 0 Å². The van der Waals surface area contributed by atoms with Crippen LogP contribution in [0.4, 0.5) is 22.7 Å². The predicted molar refractivity (Wildman–Crippen MR) is 513 cm³/mol. The number of fused-ring (bicyclic) bond motifs is 16. The molecule has 4 heterocycles. The van der Waals surface area contributed by atoms with Gasteiger partial charge in [-0.15, -0.1) is 0 Å². The molecule has 6 nitrogen and oxygen atoms in total. The van der Waals surface area contributed by atoms with Crippen LogP contribution in [-0.4, -0.2) is 0 Å². The van der Waals surface area contributed by atoms with Gasteiger partial charge < -0.3 is 28.3 Å². The van der Waals surface area contributed by atoms with Crippen molar-refractivity contribution in [2.45, 2.75) is 12.8 Å². The molecule has 2 N–H and O–H groups in total. The molecule has 0 aliphatic carbocycles. The first-order chi connectivity index (χ1) is 60.5. The number of anilines is 4. The van der Waals surface area contributed by atoms with E-state index < -0.39 is 0 Å². The molecule has 0 aliphatic heterocycles. The number of benzene rings is 20. The van der Waals surface area contributed by atoms with Crippen LogP contribution in [0.2, 0.25) is 0 Å². The Bertz CT molecular complexity index is 7900. The van der Waals surface area contributed by atoms with Gasteiger partial charge in [0.15, 0.2) is 0 Å². The summed E-state index contributed by atoms with van der Waals surface area (Å²) in [7, 11) is 0. The van der Waals surface area contributed by atoms with Crippen LogP contribution in [0.1, 0.15) is 22.3 Å². The minimum atomic E-state index is 0.867. The molecule has 0 bridgehead atoms. The third kappa shape index (κ3) is 14.4. The summed E-state index contributed by atoms with van der Waals surface area (Å²) < 4.78 is 25.6. The Morgan fingerprint density at radius 1 is 0.180 bits per heavy atom. The minimum Gasteiger partial charge on any atom is -0.456 e. The lowest BCUT2D eigenvalue weighted by atomic mass is 9.93. The molecule has 0 unspecified atom stereocenters. The Labute approximate surface area is 706 Å². The number of hydrogen-bond donors (Lipinski definition) is 2. The van der Waals surface area contributed by atoms with E-state index in [2.05, 4.69) is 381 Å². The van der Waals surface area contributed by atoms with E-state index in [4.69, 9.17) is 17.7 Å². The van der Waals surface area contributed by atoms with Crippen LogP contribution in [0.15, 0.2) is 467 Å². The van der Waals surface area contributed by atoms with Gasteiger partial charge in [-0.2, -0.15) is 0 Å². The van der Waals surface area contributed by atoms with Crippen molar-refractivity contribution in [1.82, 2.24) is 0 Å². The van der Waals surface area contributed by atoms with Crippen LogP contribution in [0.25, 0.3) is 176 Å². The Balaban J connectivity index is 0.000000101. The maximum atomic E-state index is 6.51. The van der Waals surface area contributed by atoms with Gasteiger partial charge >= 0.3 is 0 Å². The van der Waals surface area contributed by atoms with Gasteiger partial charge in [0.1, 0.15) is 44.7 Å². The van der Waals surface area contributed by atoms with Crippen molar-refractivity contribution in [1.29, 1.82) is 0 Å². The Kier molecular flexibility index (Phi) is 19.8. The molecule has 24 aromatic rings. The highest BCUT2D eigenvalue weighted by atomic mass is 16.3. The Morgan fingerprint density at radius 3 is 1.15 bits per heavy atom. The molecular weight excluding hydrogens is 1490 g/mol. The molecule has 4 aromatic heterocycles. The first-order valence-electron chi connectivity index (χ1n) is 41.6. The Morgan fingerprint density at radius 2 is 0.557 bits per heavy atom. The summed E-state index contributed by atoms with van der Waals surface area (Å²) in [5.41, 5.74) is 28.5. The van der Waals surface area contributed by atoms with Gasteiger partial charge in [0.05, 0.1) is 22.1 Å². The molecule has 0 atom stereocenters. The normalized spacial score (nSPS) is 11.3. The summed E-state index contributed by atoms with van der Waals surface area (Å²) in [5, 5.41) is 23.9. The lowest BCUT2D eigenvalue weighted by Gasteiger charge is -2.13. The predicted octanol–water partition coefficient (Wildman–Crippen LogP) is 32.8. The van der Waals surface area contributed by atoms with Gasteiger partial charge in [-0.1, -0.05) is 376 Å². The highest BCUT2D eigenvalue weighted by Crippen LogP contribution is 2.47. The molecule has 0 aliphatic rings. The smallest absolute Gasteiger partial charge is 0.145 e. The Hall–Kier alpha value is -16.0. The molecule has 6 heteroatoms. The van der Waals surface area contributed by atoms with Crippen molar-refractivity contribution in [3.05, 3.63) is 471 Å². The van der Waals surface area contributed by atoms with Gasteiger partial charge in [0.25, 0.3) is 0 Å². The van der Waals surface area contributed by atoms with Gasteiger partial charge in [-0.3, -0.25) is 0 Å². The van der Waals surface area contributed by atoms with Crippen LogP contribution in [-0.2, 0) is 12.8 Å². The number of para-hydroxylation sites is 6. The first kappa shape index (κ1) is 73.6. The topological polar surface area (TPSA) is 76.6 Å². The summed E-state index contributed by atoms with van der Waals surface area (Å²) in [6, 6.07) is 157. The number of hydrogen-bond acceptors (Lipinski definition) is 6. The largest absolute Gasteiger partial charge is 0.456 e. The van der Waals surface area contributed by atoms with Gasteiger partial charge in [0.2, 0.25) is 0 Å². The first-order valence-corrected chi connectivity index (χ1v) is 41.6. The molecule has 0 amide bonds. The second-order valence-corrected chi connectivity index (χ2v) is 30.9. The molecule has 0 fully saturated rings. The molecule has 20 aromatic carbocycles. The molecule has 0 radical (unpaired) electrons. The third-order valence-electron chi connectivity index (χ3n) is 23.4. The van der Waals surface area contributed by atoms with E-state index in [0.717, 1.165) is 118 Å². The fourth-order valence-electron chi connectivity index (χ4n) is 17.6. The second kappa shape index (κ2) is 32.8. The standard InChI is InChI=1S/C34H23NO.C32H21NO.2C25H18O/c1-2-11-26(12-3-1)35-31-22-21-29(34-33(31)30-14-6-7-16-32(30)36-34)25-19-17-24(18-20-25)28-15-8-10-23-9-4-5-13-27(23)28;1-2-10-22(11-3-1)33-29-20-19-27(32-31(29)28-13-6-7-16-30(28)34-32)25-15-8-14-24-23-12-5-4-9-21(23)17-18-26(24)25;1-3-9-18(10-4-1)17-20-15-16-21(19-11-5-2-6-12-19)24-22-13-7-8-14-23(22)26-25(20)24;1-3-9-18(10-4-1)17-20-15-16-22-21-13-7-8-14-23(21)26-25(22)24(20)19-11-5-2-6-12-19/h1-22,35H;1-20,33H;2*1-16H,17H2. The van der Waals surface area contributed by atoms with Crippen LogP contribution in [0.3, 0.4) is 0 Å². The average Bonchev–Trinajstić information content (AvgIpc) is 1.62. The lowest BCUT2D eigenvalue weighted by Crippen LogP contribution is -1.93. The fourth-order valence-corrected chi connectivity index (χ4v) is 17.6. The van der Waals surface area contributed by atoms with Crippen LogP contribution < -0.4 is 10.6 Å². The minimum absolute atomic E-state index is 0.867. The molecule has 0 saturated carbocycles. The quantitative estimate of drug-likeness (QED) is 0.112. The van der Waals surface area contributed by atoms with Crippen molar-refractivity contribution in [2.24, 2.45) is 0 Å². The monoisotopic (exact) mass is 1560 g/mol. The van der Waals surface area contributed by atoms with Gasteiger partial charge in [-0.05, 0) is 173 Å². The zero-order valence-electron chi connectivity index (χ0n) is 66.8.